The summed E-state index contributed by atoms with van der Waals surface area (Å²) in [6.45, 7) is 3.93. The van der Waals surface area contributed by atoms with E-state index >= 15 is 0 Å². The number of para-hydroxylation sites is 1. The first-order valence-corrected chi connectivity index (χ1v) is 10.0. The van der Waals surface area contributed by atoms with Crippen LogP contribution in [0.4, 0.5) is 0 Å². The lowest BCUT2D eigenvalue weighted by atomic mass is 9.96. The van der Waals surface area contributed by atoms with Crippen LogP contribution < -0.4 is 5.32 Å². The van der Waals surface area contributed by atoms with Gasteiger partial charge in [-0.1, -0.05) is 23.9 Å². The quantitative estimate of drug-likeness (QED) is 0.830. The molecule has 3 rings (SSSR count). The number of nitrogens with one attached hydrogen (secondary N) is 1. The van der Waals surface area contributed by atoms with Crippen LogP contribution in [0.1, 0.15) is 19.8 Å². The van der Waals surface area contributed by atoms with Crippen LogP contribution in [-0.2, 0) is 9.59 Å². The number of likely N-dealkylation sites (tertiary alicyclic amines) is 1. The molecule has 2 amide bonds. The molecule has 24 heavy (non-hydrogen) atoms. The Morgan fingerprint density at radius 1 is 1.33 bits per heavy atom. The van der Waals surface area contributed by atoms with Crippen LogP contribution in [0.3, 0.4) is 0 Å². The number of thioether (sulfide) groups is 1. The van der Waals surface area contributed by atoms with E-state index in [0.717, 1.165) is 27.4 Å². The second-order valence-electron chi connectivity index (χ2n) is 5.79. The minimum absolute atomic E-state index is 0.0471. The predicted octanol–water partition coefficient (Wildman–Crippen LogP) is 2.76. The van der Waals surface area contributed by atoms with E-state index in [4.69, 9.17) is 0 Å². The average molecular weight is 364 g/mol. The van der Waals surface area contributed by atoms with Crippen LogP contribution in [0.2, 0.25) is 0 Å². The molecule has 1 saturated heterocycles. The number of nitrogens with zero attached hydrogens (tertiary/aromatic N) is 2. The Balaban J connectivity index is 1.48. The maximum absolute atomic E-state index is 12.4. The number of thiazole rings is 1. The largest absolute Gasteiger partial charge is 0.356 e. The number of carbonyl (C=O) groups excluding carboxylic acids is 2. The molecule has 1 fully saturated rings. The lowest BCUT2D eigenvalue weighted by Crippen LogP contribution is -2.43. The number of rotatable bonds is 5. The lowest BCUT2D eigenvalue weighted by molar-refractivity contribution is -0.133. The van der Waals surface area contributed by atoms with Crippen LogP contribution >= 0.6 is 23.1 Å². The third-order valence-corrected chi connectivity index (χ3v) is 6.33. The van der Waals surface area contributed by atoms with Crippen molar-refractivity contribution in [2.75, 3.05) is 25.4 Å². The Hall–Kier alpha value is -1.60. The van der Waals surface area contributed by atoms with Gasteiger partial charge in [0.2, 0.25) is 11.8 Å². The van der Waals surface area contributed by atoms with Gasteiger partial charge in [-0.15, -0.1) is 11.3 Å². The SMILES string of the molecule is CCNC(=O)C1CCN(C(=O)CSc2nc3ccccc3s2)CC1. The van der Waals surface area contributed by atoms with E-state index in [1.54, 1.807) is 11.3 Å². The molecule has 0 bridgehead atoms. The summed E-state index contributed by atoms with van der Waals surface area (Å²) >= 11 is 3.12. The second kappa shape index (κ2) is 7.98. The van der Waals surface area contributed by atoms with Crippen molar-refractivity contribution >= 4 is 45.1 Å². The molecule has 5 nitrogen and oxygen atoms in total. The minimum Gasteiger partial charge on any atom is -0.356 e. The van der Waals surface area contributed by atoms with E-state index < -0.39 is 0 Å². The number of carbonyl (C=O) groups is 2. The van der Waals surface area contributed by atoms with Crippen molar-refractivity contribution in [2.24, 2.45) is 5.92 Å². The highest BCUT2D eigenvalue weighted by atomic mass is 32.2. The van der Waals surface area contributed by atoms with Gasteiger partial charge in [-0.3, -0.25) is 9.59 Å². The third kappa shape index (κ3) is 4.08. The number of benzene rings is 1. The van der Waals surface area contributed by atoms with Crippen LogP contribution in [0, 0.1) is 5.92 Å². The molecule has 1 aliphatic rings. The summed E-state index contributed by atoms with van der Waals surface area (Å²) in [6.07, 6.45) is 1.51. The van der Waals surface area contributed by atoms with Crippen molar-refractivity contribution in [3.05, 3.63) is 24.3 Å². The van der Waals surface area contributed by atoms with Crippen molar-refractivity contribution in [1.29, 1.82) is 0 Å². The molecule has 2 aromatic rings. The van der Waals surface area contributed by atoms with E-state index in [2.05, 4.69) is 10.3 Å². The van der Waals surface area contributed by atoms with Crippen LogP contribution in [-0.4, -0.2) is 47.1 Å². The molecule has 128 valence electrons. The van der Waals surface area contributed by atoms with Gasteiger partial charge in [-0.25, -0.2) is 4.98 Å². The molecular formula is C17H21N3O2S2. The normalized spacial score (nSPS) is 15.6. The summed E-state index contributed by atoms with van der Waals surface area (Å²) in [4.78, 5) is 30.6. The highest BCUT2D eigenvalue weighted by Gasteiger charge is 2.27. The topological polar surface area (TPSA) is 62.3 Å². The molecule has 0 radical (unpaired) electrons. The van der Waals surface area contributed by atoms with Crippen LogP contribution in [0.5, 0.6) is 0 Å². The number of hydrogen-bond donors (Lipinski definition) is 1. The molecule has 0 aliphatic carbocycles. The standard InChI is InChI=1S/C17H21N3O2S2/c1-2-18-16(22)12-7-9-20(10-8-12)15(21)11-23-17-19-13-5-3-4-6-14(13)24-17/h3-6,12H,2,7-11H2,1H3,(H,18,22). The van der Waals surface area contributed by atoms with Crippen LogP contribution in [0.15, 0.2) is 28.6 Å². The molecule has 7 heteroatoms. The maximum atomic E-state index is 12.4. The second-order valence-corrected chi connectivity index (χ2v) is 8.04. The fourth-order valence-electron chi connectivity index (χ4n) is 2.84. The highest BCUT2D eigenvalue weighted by molar-refractivity contribution is 8.01. The van der Waals surface area contributed by atoms with Crippen molar-refractivity contribution in [3.63, 3.8) is 0 Å². The summed E-state index contributed by atoms with van der Waals surface area (Å²) in [5.74, 6) is 0.707. The van der Waals surface area contributed by atoms with E-state index in [-0.39, 0.29) is 17.7 Å². The molecule has 0 saturated carbocycles. The van der Waals surface area contributed by atoms with Crippen LogP contribution in [0.25, 0.3) is 10.2 Å². The van der Waals surface area contributed by atoms with Gasteiger partial charge in [-0.2, -0.15) is 0 Å². The van der Waals surface area contributed by atoms with Crippen molar-refractivity contribution in [1.82, 2.24) is 15.2 Å². The smallest absolute Gasteiger partial charge is 0.233 e. The van der Waals surface area contributed by atoms with Gasteiger partial charge >= 0.3 is 0 Å². The summed E-state index contributed by atoms with van der Waals surface area (Å²) in [5.41, 5.74) is 0.986. The first-order chi connectivity index (χ1) is 11.7. The average Bonchev–Trinajstić information content (AvgIpc) is 3.03. The number of hydrogen-bond acceptors (Lipinski definition) is 5. The van der Waals surface area contributed by atoms with Gasteiger partial charge < -0.3 is 10.2 Å². The number of fused-ring (bicyclic) bond motifs is 1. The molecule has 1 aromatic heterocycles. The predicted molar refractivity (Wildman–Crippen MR) is 98.3 cm³/mol. The zero-order valence-corrected chi connectivity index (χ0v) is 15.3. The molecule has 0 atom stereocenters. The van der Waals surface area contributed by atoms with Crippen molar-refractivity contribution < 1.29 is 9.59 Å². The van der Waals surface area contributed by atoms with Crippen molar-refractivity contribution in [3.8, 4) is 0 Å². The van der Waals surface area contributed by atoms with Gasteiger partial charge in [0.15, 0.2) is 4.34 Å². The van der Waals surface area contributed by atoms with Gasteiger partial charge in [0.05, 0.1) is 16.0 Å². The fraction of sp³-hybridized carbons (Fsp3) is 0.471. The summed E-state index contributed by atoms with van der Waals surface area (Å²) in [5, 5.41) is 2.87. The highest BCUT2D eigenvalue weighted by Crippen LogP contribution is 2.29. The summed E-state index contributed by atoms with van der Waals surface area (Å²) in [7, 11) is 0. The summed E-state index contributed by atoms with van der Waals surface area (Å²) in [6, 6.07) is 8.01. The number of piperidine rings is 1. The Labute approximate surface area is 149 Å². The number of aromatic nitrogens is 1. The Morgan fingerprint density at radius 3 is 2.79 bits per heavy atom. The minimum atomic E-state index is 0.0471. The molecule has 1 aromatic carbocycles. The Kier molecular flexibility index (Phi) is 5.73. The van der Waals surface area contributed by atoms with Gasteiger partial charge in [0.1, 0.15) is 0 Å². The maximum Gasteiger partial charge on any atom is 0.233 e. The first-order valence-electron chi connectivity index (χ1n) is 8.21. The van der Waals surface area contributed by atoms with E-state index in [0.29, 0.717) is 25.4 Å². The fourth-order valence-corrected chi connectivity index (χ4v) is 4.81. The Morgan fingerprint density at radius 2 is 2.08 bits per heavy atom. The lowest BCUT2D eigenvalue weighted by Gasteiger charge is -2.31. The summed E-state index contributed by atoms with van der Waals surface area (Å²) < 4.78 is 2.08. The molecule has 2 heterocycles. The van der Waals surface area contributed by atoms with Gasteiger partial charge in [0, 0.05) is 25.6 Å². The number of amides is 2. The molecular weight excluding hydrogens is 342 g/mol. The third-order valence-electron chi connectivity index (χ3n) is 4.16. The van der Waals surface area contributed by atoms with E-state index in [9.17, 15) is 9.59 Å². The Bertz CT molecular complexity index is 690. The molecule has 1 N–H and O–H groups in total. The van der Waals surface area contributed by atoms with Crippen molar-refractivity contribution in [2.45, 2.75) is 24.1 Å². The molecule has 1 aliphatic heterocycles. The van der Waals surface area contributed by atoms with Gasteiger partial charge in [-0.05, 0) is 31.9 Å². The molecule has 0 unspecified atom stereocenters. The zero-order chi connectivity index (χ0) is 16.9. The van der Waals surface area contributed by atoms with E-state index in [1.807, 2.05) is 36.1 Å². The zero-order valence-electron chi connectivity index (χ0n) is 13.7. The monoisotopic (exact) mass is 363 g/mol. The van der Waals surface area contributed by atoms with Gasteiger partial charge in [0.25, 0.3) is 0 Å². The first kappa shape index (κ1) is 17.2. The molecule has 0 spiro atoms. The van der Waals surface area contributed by atoms with E-state index in [1.165, 1.54) is 11.8 Å².